The molecule has 2 aromatic rings. The minimum Gasteiger partial charge on any atom is -0.358 e. The van der Waals surface area contributed by atoms with Crippen molar-refractivity contribution in [3.05, 3.63) is 89.5 Å². The standard InChI is InChI=1S/C20H14F3NO/c21-20(22,23)17-8-4-7-15(11-17)19-10-9-18(25-19)12-16(13-24)14-5-2-1-3-6-14/h1-12,18-19H/b16-12+. The van der Waals surface area contributed by atoms with E-state index in [0.717, 1.165) is 17.7 Å². The summed E-state index contributed by atoms with van der Waals surface area (Å²) in [5.41, 5.74) is 0.952. The molecule has 2 aromatic carbocycles. The average Bonchev–Trinajstić information content (AvgIpc) is 3.08. The van der Waals surface area contributed by atoms with Gasteiger partial charge in [0.25, 0.3) is 0 Å². The van der Waals surface area contributed by atoms with E-state index in [4.69, 9.17) is 4.74 Å². The first-order valence-electron chi connectivity index (χ1n) is 7.65. The number of hydrogen-bond donors (Lipinski definition) is 0. The molecule has 0 spiro atoms. The minimum atomic E-state index is -4.39. The van der Waals surface area contributed by atoms with E-state index in [0.29, 0.717) is 11.1 Å². The van der Waals surface area contributed by atoms with Crippen LogP contribution in [-0.4, -0.2) is 6.10 Å². The highest BCUT2D eigenvalue weighted by atomic mass is 19.4. The smallest absolute Gasteiger partial charge is 0.358 e. The van der Waals surface area contributed by atoms with Crippen LogP contribution in [0.2, 0.25) is 0 Å². The van der Waals surface area contributed by atoms with Crippen LogP contribution in [0.1, 0.15) is 22.8 Å². The highest BCUT2D eigenvalue weighted by Crippen LogP contribution is 2.34. The largest absolute Gasteiger partial charge is 0.416 e. The summed E-state index contributed by atoms with van der Waals surface area (Å²) in [7, 11) is 0. The Kier molecular flexibility index (Phi) is 4.73. The zero-order valence-corrected chi connectivity index (χ0v) is 13.1. The van der Waals surface area contributed by atoms with Gasteiger partial charge in [0.05, 0.1) is 23.3 Å². The second-order valence-electron chi connectivity index (χ2n) is 5.59. The zero-order valence-electron chi connectivity index (χ0n) is 13.1. The Morgan fingerprint density at radius 2 is 1.80 bits per heavy atom. The van der Waals surface area contributed by atoms with Crippen LogP contribution >= 0.6 is 0 Å². The quantitative estimate of drug-likeness (QED) is 0.560. The van der Waals surface area contributed by atoms with Gasteiger partial charge in [-0.15, -0.1) is 0 Å². The molecule has 0 bridgehead atoms. The maximum absolute atomic E-state index is 12.8. The molecule has 0 fully saturated rings. The van der Waals surface area contributed by atoms with Gasteiger partial charge < -0.3 is 4.74 Å². The van der Waals surface area contributed by atoms with Gasteiger partial charge in [-0.1, -0.05) is 54.6 Å². The second-order valence-corrected chi connectivity index (χ2v) is 5.59. The highest BCUT2D eigenvalue weighted by Gasteiger charge is 2.31. The maximum atomic E-state index is 12.8. The van der Waals surface area contributed by atoms with E-state index in [1.54, 1.807) is 24.3 Å². The molecule has 0 saturated carbocycles. The van der Waals surface area contributed by atoms with Gasteiger partial charge in [0.15, 0.2) is 0 Å². The lowest BCUT2D eigenvalue weighted by molar-refractivity contribution is -0.137. The minimum absolute atomic E-state index is 0.431. The van der Waals surface area contributed by atoms with Gasteiger partial charge in [-0.25, -0.2) is 0 Å². The highest BCUT2D eigenvalue weighted by molar-refractivity contribution is 5.77. The van der Waals surface area contributed by atoms with Crippen LogP contribution in [0.5, 0.6) is 0 Å². The monoisotopic (exact) mass is 341 g/mol. The predicted molar refractivity (Wildman–Crippen MR) is 88.2 cm³/mol. The van der Waals surface area contributed by atoms with Crippen LogP contribution in [0.3, 0.4) is 0 Å². The van der Waals surface area contributed by atoms with Crippen LogP contribution in [0, 0.1) is 11.3 Å². The first kappa shape index (κ1) is 17.0. The van der Waals surface area contributed by atoms with Gasteiger partial charge in [-0.3, -0.25) is 0 Å². The van der Waals surface area contributed by atoms with Crippen LogP contribution < -0.4 is 0 Å². The zero-order chi connectivity index (χ0) is 17.9. The SMILES string of the molecule is N#C/C(=C\C1C=CC(c2cccc(C(F)(F)F)c2)O1)c1ccccc1. The molecule has 5 heteroatoms. The van der Waals surface area contributed by atoms with E-state index in [-0.39, 0.29) is 0 Å². The molecule has 2 atom stereocenters. The fraction of sp³-hybridized carbons (Fsp3) is 0.150. The number of rotatable bonds is 3. The lowest BCUT2D eigenvalue weighted by Crippen LogP contribution is -2.08. The third kappa shape index (κ3) is 3.98. The van der Waals surface area contributed by atoms with Gasteiger partial charge in [-0.05, 0) is 29.3 Å². The molecule has 2 unspecified atom stereocenters. The maximum Gasteiger partial charge on any atom is 0.416 e. The molecular weight excluding hydrogens is 327 g/mol. The van der Waals surface area contributed by atoms with E-state index in [1.165, 1.54) is 6.07 Å². The third-order valence-electron chi connectivity index (χ3n) is 3.86. The van der Waals surface area contributed by atoms with Crippen LogP contribution in [0.4, 0.5) is 13.2 Å². The molecule has 0 radical (unpaired) electrons. The lowest BCUT2D eigenvalue weighted by atomic mass is 10.1. The number of allylic oxidation sites excluding steroid dienone is 1. The van der Waals surface area contributed by atoms with Gasteiger partial charge >= 0.3 is 6.18 Å². The number of ether oxygens (including phenoxy) is 1. The summed E-state index contributed by atoms with van der Waals surface area (Å²) in [6.07, 6.45) is -0.311. The van der Waals surface area contributed by atoms with Crippen molar-refractivity contribution in [3.8, 4) is 6.07 Å². The van der Waals surface area contributed by atoms with Gasteiger partial charge in [0, 0.05) is 0 Å². The summed E-state index contributed by atoms with van der Waals surface area (Å²) in [6, 6.07) is 16.4. The van der Waals surface area contributed by atoms with E-state index in [1.807, 2.05) is 30.3 Å². The summed E-state index contributed by atoms with van der Waals surface area (Å²) < 4.78 is 44.3. The van der Waals surface area contributed by atoms with Crippen molar-refractivity contribution in [2.24, 2.45) is 0 Å². The molecule has 1 heterocycles. The Balaban J connectivity index is 1.78. The number of halogens is 3. The molecule has 126 valence electrons. The summed E-state index contributed by atoms with van der Waals surface area (Å²) >= 11 is 0. The van der Waals surface area contributed by atoms with E-state index in [9.17, 15) is 18.4 Å². The second kappa shape index (κ2) is 6.96. The van der Waals surface area contributed by atoms with Crippen molar-refractivity contribution in [2.75, 3.05) is 0 Å². The summed E-state index contributed by atoms with van der Waals surface area (Å²) in [5.74, 6) is 0. The molecule has 3 rings (SSSR count). The van der Waals surface area contributed by atoms with E-state index < -0.39 is 23.9 Å². The molecule has 25 heavy (non-hydrogen) atoms. The van der Waals surface area contributed by atoms with E-state index in [2.05, 4.69) is 6.07 Å². The molecular formula is C20H14F3NO. The van der Waals surface area contributed by atoms with Crippen LogP contribution in [0.25, 0.3) is 5.57 Å². The Morgan fingerprint density at radius 3 is 2.48 bits per heavy atom. The fourth-order valence-corrected chi connectivity index (χ4v) is 2.63. The summed E-state index contributed by atoms with van der Waals surface area (Å²) in [5, 5.41) is 9.33. The average molecular weight is 341 g/mol. The Labute approximate surface area is 143 Å². The molecule has 0 N–H and O–H groups in total. The predicted octanol–water partition coefficient (Wildman–Crippen LogP) is 5.31. The Bertz CT molecular complexity index is 847. The Hall–Kier alpha value is -2.84. The molecule has 1 aliphatic heterocycles. The molecule has 0 saturated heterocycles. The molecule has 2 nitrogen and oxygen atoms in total. The normalized spacial score (nSPS) is 20.5. The van der Waals surface area contributed by atoms with Crippen molar-refractivity contribution in [2.45, 2.75) is 18.4 Å². The van der Waals surface area contributed by atoms with Crippen molar-refractivity contribution < 1.29 is 17.9 Å². The van der Waals surface area contributed by atoms with Crippen molar-refractivity contribution in [1.29, 1.82) is 5.26 Å². The van der Waals surface area contributed by atoms with Crippen LogP contribution in [0.15, 0.2) is 72.8 Å². The number of alkyl halides is 3. The lowest BCUT2D eigenvalue weighted by Gasteiger charge is -2.14. The van der Waals surface area contributed by atoms with Crippen molar-refractivity contribution in [1.82, 2.24) is 0 Å². The van der Waals surface area contributed by atoms with Gasteiger partial charge in [-0.2, -0.15) is 18.4 Å². The van der Waals surface area contributed by atoms with E-state index >= 15 is 0 Å². The number of nitriles is 1. The number of nitrogens with zero attached hydrogens (tertiary/aromatic N) is 1. The molecule has 0 aliphatic carbocycles. The third-order valence-corrected chi connectivity index (χ3v) is 3.86. The molecule has 1 aliphatic rings. The first-order valence-corrected chi connectivity index (χ1v) is 7.65. The first-order chi connectivity index (χ1) is 12.0. The van der Waals surface area contributed by atoms with Crippen molar-refractivity contribution in [3.63, 3.8) is 0 Å². The summed E-state index contributed by atoms with van der Waals surface area (Å²) in [6.45, 7) is 0. The van der Waals surface area contributed by atoms with Crippen molar-refractivity contribution >= 4 is 5.57 Å². The number of hydrogen-bond acceptors (Lipinski definition) is 2. The Morgan fingerprint density at radius 1 is 1.04 bits per heavy atom. The summed E-state index contributed by atoms with van der Waals surface area (Å²) in [4.78, 5) is 0. The molecule has 0 aromatic heterocycles. The fourth-order valence-electron chi connectivity index (χ4n) is 2.63. The van der Waals surface area contributed by atoms with Gasteiger partial charge in [0.1, 0.15) is 6.10 Å². The topological polar surface area (TPSA) is 33.0 Å². The van der Waals surface area contributed by atoms with Gasteiger partial charge in [0.2, 0.25) is 0 Å². The number of benzene rings is 2. The van der Waals surface area contributed by atoms with Crippen LogP contribution in [-0.2, 0) is 10.9 Å². The molecule has 0 amide bonds.